The molecule has 1 heterocycles. The second kappa shape index (κ2) is 4.78. The van der Waals surface area contributed by atoms with Crippen molar-refractivity contribution in [2.45, 2.75) is 25.9 Å². The number of benzene rings is 2. The van der Waals surface area contributed by atoms with Gasteiger partial charge in [0.1, 0.15) is 0 Å². The largest absolute Gasteiger partial charge is 0.399 e. The van der Waals surface area contributed by atoms with Gasteiger partial charge in [0.15, 0.2) is 0 Å². The molecule has 3 rings (SSSR count). The summed E-state index contributed by atoms with van der Waals surface area (Å²) in [6.45, 7) is 3.06. The number of nitrogens with two attached hydrogens (primary N) is 1. The van der Waals surface area contributed by atoms with E-state index in [0.29, 0.717) is 6.04 Å². The van der Waals surface area contributed by atoms with Gasteiger partial charge in [0.2, 0.25) is 0 Å². The summed E-state index contributed by atoms with van der Waals surface area (Å²) in [5, 5.41) is 0.783. The average Bonchev–Trinajstić information content (AvgIpc) is 2.71. The standard InChI is InChI=1S/C16H17ClN2/c1-11-8-12-4-2-3-5-16(12)19(11)10-13-9-14(18)6-7-15(13)17/h2-7,9,11H,8,10,18H2,1H3. The molecule has 2 nitrogen and oxygen atoms in total. The number of nitrogens with zero attached hydrogens (tertiary/aromatic N) is 1. The van der Waals surface area contributed by atoms with E-state index in [2.05, 4.69) is 36.1 Å². The molecule has 1 aliphatic heterocycles. The minimum Gasteiger partial charge on any atom is -0.399 e. The van der Waals surface area contributed by atoms with Gasteiger partial charge >= 0.3 is 0 Å². The van der Waals surface area contributed by atoms with Gasteiger partial charge in [-0.2, -0.15) is 0 Å². The van der Waals surface area contributed by atoms with E-state index in [9.17, 15) is 0 Å². The zero-order chi connectivity index (χ0) is 13.4. The molecule has 2 aromatic carbocycles. The summed E-state index contributed by atoms with van der Waals surface area (Å²) < 4.78 is 0. The van der Waals surface area contributed by atoms with Gasteiger partial charge in [0.25, 0.3) is 0 Å². The topological polar surface area (TPSA) is 29.3 Å². The molecule has 0 aromatic heterocycles. The molecule has 0 bridgehead atoms. The molecule has 0 saturated carbocycles. The molecule has 0 amide bonds. The van der Waals surface area contributed by atoms with Gasteiger partial charge in [-0.05, 0) is 48.7 Å². The molecule has 0 spiro atoms. The Morgan fingerprint density at radius 2 is 2.05 bits per heavy atom. The van der Waals surface area contributed by atoms with Crippen LogP contribution in [0.1, 0.15) is 18.1 Å². The third-order valence-electron chi connectivity index (χ3n) is 3.76. The van der Waals surface area contributed by atoms with Crippen LogP contribution in [0.3, 0.4) is 0 Å². The zero-order valence-corrected chi connectivity index (χ0v) is 11.7. The summed E-state index contributed by atoms with van der Waals surface area (Å²) in [5.74, 6) is 0. The first-order valence-electron chi connectivity index (χ1n) is 6.53. The highest BCUT2D eigenvalue weighted by Gasteiger charge is 2.25. The van der Waals surface area contributed by atoms with Gasteiger partial charge < -0.3 is 10.6 Å². The monoisotopic (exact) mass is 272 g/mol. The normalized spacial score (nSPS) is 17.6. The van der Waals surface area contributed by atoms with Crippen molar-refractivity contribution < 1.29 is 0 Å². The van der Waals surface area contributed by atoms with E-state index in [1.807, 2.05) is 18.2 Å². The summed E-state index contributed by atoms with van der Waals surface area (Å²) in [4.78, 5) is 2.40. The molecule has 0 fully saturated rings. The fourth-order valence-corrected chi connectivity index (χ4v) is 2.95. The van der Waals surface area contributed by atoms with E-state index in [1.165, 1.54) is 11.3 Å². The number of rotatable bonds is 2. The average molecular weight is 273 g/mol. The first kappa shape index (κ1) is 12.4. The minimum absolute atomic E-state index is 0.495. The quantitative estimate of drug-likeness (QED) is 0.841. The molecule has 98 valence electrons. The highest BCUT2D eigenvalue weighted by molar-refractivity contribution is 6.31. The lowest BCUT2D eigenvalue weighted by Gasteiger charge is -2.25. The SMILES string of the molecule is CC1Cc2ccccc2N1Cc1cc(N)ccc1Cl. The molecule has 0 aliphatic carbocycles. The van der Waals surface area contributed by atoms with Crippen molar-refractivity contribution in [1.82, 2.24) is 0 Å². The molecular formula is C16H17ClN2. The lowest BCUT2D eigenvalue weighted by Crippen LogP contribution is -2.28. The smallest absolute Gasteiger partial charge is 0.0457 e. The summed E-state index contributed by atoms with van der Waals surface area (Å²) in [6, 6.07) is 14.7. The number of para-hydroxylation sites is 1. The van der Waals surface area contributed by atoms with E-state index in [0.717, 1.165) is 29.2 Å². The lowest BCUT2D eigenvalue weighted by atomic mass is 10.1. The maximum Gasteiger partial charge on any atom is 0.0457 e. The van der Waals surface area contributed by atoms with Crippen molar-refractivity contribution in [1.29, 1.82) is 0 Å². The first-order valence-corrected chi connectivity index (χ1v) is 6.91. The molecular weight excluding hydrogens is 256 g/mol. The van der Waals surface area contributed by atoms with Crippen LogP contribution >= 0.6 is 11.6 Å². The van der Waals surface area contributed by atoms with Crippen LogP contribution in [0.4, 0.5) is 11.4 Å². The molecule has 1 unspecified atom stereocenters. The van der Waals surface area contributed by atoms with Crippen molar-refractivity contribution in [3.8, 4) is 0 Å². The zero-order valence-electron chi connectivity index (χ0n) is 10.9. The van der Waals surface area contributed by atoms with Crippen molar-refractivity contribution in [2.75, 3.05) is 10.6 Å². The molecule has 3 heteroatoms. The van der Waals surface area contributed by atoms with Gasteiger partial charge in [-0.15, -0.1) is 0 Å². The second-order valence-electron chi connectivity index (χ2n) is 5.16. The van der Waals surface area contributed by atoms with E-state index >= 15 is 0 Å². The summed E-state index contributed by atoms with van der Waals surface area (Å²) in [6.07, 6.45) is 1.09. The molecule has 2 aromatic rings. The summed E-state index contributed by atoms with van der Waals surface area (Å²) in [7, 11) is 0. The number of hydrogen-bond donors (Lipinski definition) is 1. The van der Waals surface area contributed by atoms with Crippen LogP contribution in [0.5, 0.6) is 0 Å². The summed E-state index contributed by atoms with van der Waals surface area (Å²) >= 11 is 6.27. The Labute approximate surface area is 118 Å². The van der Waals surface area contributed by atoms with Crippen LogP contribution in [-0.4, -0.2) is 6.04 Å². The lowest BCUT2D eigenvalue weighted by molar-refractivity contribution is 0.672. The van der Waals surface area contributed by atoms with Crippen LogP contribution < -0.4 is 10.6 Å². The van der Waals surface area contributed by atoms with Crippen LogP contribution in [0.2, 0.25) is 5.02 Å². The predicted octanol–water partition coefficient (Wildman–Crippen LogP) is 3.87. The van der Waals surface area contributed by atoms with Gasteiger partial charge in [-0.3, -0.25) is 0 Å². The van der Waals surface area contributed by atoms with E-state index in [-0.39, 0.29) is 0 Å². The van der Waals surface area contributed by atoms with Crippen LogP contribution in [0, 0.1) is 0 Å². The number of hydrogen-bond acceptors (Lipinski definition) is 2. The Bertz CT molecular complexity index is 609. The maximum absolute atomic E-state index is 6.27. The second-order valence-corrected chi connectivity index (χ2v) is 5.57. The highest BCUT2D eigenvalue weighted by atomic mass is 35.5. The third-order valence-corrected chi connectivity index (χ3v) is 4.13. The number of halogens is 1. The number of nitrogen functional groups attached to an aromatic ring is 1. The predicted molar refractivity (Wildman–Crippen MR) is 81.7 cm³/mol. The highest BCUT2D eigenvalue weighted by Crippen LogP contribution is 2.34. The molecule has 0 radical (unpaired) electrons. The van der Waals surface area contributed by atoms with Crippen molar-refractivity contribution in [2.24, 2.45) is 0 Å². The molecule has 1 aliphatic rings. The molecule has 2 N–H and O–H groups in total. The van der Waals surface area contributed by atoms with Crippen molar-refractivity contribution in [3.63, 3.8) is 0 Å². The minimum atomic E-state index is 0.495. The molecule has 1 atom stereocenters. The van der Waals surface area contributed by atoms with Gasteiger partial charge in [0, 0.05) is 29.0 Å². The third kappa shape index (κ3) is 2.28. The van der Waals surface area contributed by atoms with Crippen LogP contribution in [0.15, 0.2) is 42.5 Å². The molecule has 0 saturated heterocycles. The Kier molecular flexibility index (Phi) is 3.11. The van der Waals surface area contributed by atoms with E-state index < -0.39 is 0 Å². The Balaban J connectivity index is 1.93. The van der Waals surface area contributed by atoms with E-state index in [4.69, 9.17) is 17.3 Å². The number of fused-ring (bicyclic) bond motifs is 1. The fourth-order valence-electron chi connectivity index (χ4n) is 2.77. The maximum atomic E-state index is 6.27. The van der Waals surface area contributed by atoms with Crippen LogP contribution in [-0.2, 0) is 13.0 Å². The fraction of sp³-hybridized carbons (Fsp3) is 0.250. The van der Waals surface area contributed by atoms with Gasteiger partial charge in [-0.1, -0.05) is 29.8 Å². The van der Waals surface area contributed by atoms with Crippen LogP contribution in [0.25, 0.3) is 0 Å². The summed E-state index contributed by atoms with van der Waals surface area (Å²) in [5.41, 5.74) is 10.4. The van der Waals surface area contributed by atoms with E-state index in [1.54, 1.807) is 0 Å². The Hall–Kier alpha value is -1.67. The Morgan fingerprint density at radius 1 is 1.26 bits per heavy atom. The van der Waals surface area contributed by atoms with Crippen molar-refractivity contribution >= 4 is 23.0 Å². The molecule has 19 heavy (non-hydrogen) atoms. The first-order chi connectivity index (χ1) is 9.15. The Morgan fingerprint density at radius 3 is 2.89 bits per heavy atom. The van der Waals surface area contributed by atoms with Gasteiger partial charge in [-0.25, -0.2) is 0 Å². The number of anilines is 2. The van der Waals surface area contributed by atoms with Gasteiger partial charge in [0.05, 0.1) is 0 Å². The van der Waals surface area contributed by atoms with Crippen molar-refractivity contribution in [3.05, 3.63) is 58.6 Å².